The van der Waals surface area contributed by atoms with Gasteiger partial charge in [-0.25, -0.2) is 4.98 Å². The Labute approximate surface area is 158 Å². The van der Waals surface area contributed by atoms with Gasteiger partial charge in [0.2, 0.25) is 11.0 Å². The fourth-order valence-electron chi connectivity index (χ4n) is 3.58. The van der Waals surface area contributed by atoms with Gasteiger partial charge in [-0.2, -0.15) is 9.36 Å². The van der Waals surface area contributed by atoms with Gasteiger partial charge in [-0.3, -0.25) is 4.98 Å². The number of rotatable bonds is 6. The van der Waals surface area contributed by atoms with E-state index in [1.165, 1.54) is 37.2 Å². The maximum absolute atomic E-state index is 5.90. The molecule has 0 radical (unpaired) electrons. The number of hydrogen-bond donors (Lipinski definition) is 0. The third-order valence-electron chi connectivity index (χ3n) is 5.19. The molecule has 0 atom stereocenters. The zero-order valence-electron chi connectivity index (χ0n) is 15.3. The summed E-state index contributed by atoms with van der Waals surface area (Å²) < 4.78 is 10.3. The van der Waals surface area contributed by atoms with Crippen LogP contribution in [-0.4, -0.2) is 52.1 Å². The second-order valence-electron chi connectivity index (χ2n) is 7.00. The van der Waals surface area contributed by atoms with Gasteiger partial charge < -0.3 is 14.5 Å². The summed E-state index contributed by atoms with van der Waals surface area (Å²) in [4.78, 5) is 18.2. The minimum atomic E-state index is 0.647. The maximum atomic E-state index is 5.90. The Morgan fingerprint density at radius 1 is 1.08 bits per heavy atom. The molecule has 1 aliphatic heterocycles. The third kappa shape index (κ3) is 4.06. The predicted octanol–water partition coefficient (Wildman–Crippen LogP) is 2.79. The van der Waals surface area contributed by atoms with Crippen LogP contribution in [0.15, 0.2) is 12.4 Å². The van der Waals surface area contributed by atoms with E-state index in [4.69, 9.17) is 4.74 Å². The van der Waals surface area contributed by atoms with Gasteiger partial charge in [-0.15, -0.1) is 0 Å². The normalized spacial score (nSPS) is 18.5. The molecular weight excluding hydrogens is 348 g/mol. The predicted molar refractivity (Wildman–Crippen MR) is 103 cm³/mol. The highest BCUT2D eigenvalue weighted by atomic mass is 32.1. The Morgan fingerprint density at radius 2 is 1.85 bits per heavy atom. The molecular formula is C18H26N6OS. The molecule has 0 amide bonds. The van der Waals surface area contributed by atoms with Crippen LogP contribution < -0.4 is 14.5 Å². The Kier molecular flexibility index (Phi) is 5.48. The van der Waals surface area contributed by atoms with Crippen LogP contribution >= 0.6 is 11.5 Å². The van der Waals surface area contributed by atoms with Crippen LogP contribution in [0, 0.1) is 5.92 Å². The summed E-state index contributed by atoms with van der Waals surface area (Å²) >= 11 is 1.50. The zero-order valence-corrected chi connectivity index (χ0v) is 16.1. The summed E-state index contributed by atoms with van der Waals surface area (Å²) in [7, 11) is 0. The SMILES string of the molecule is CCc1nsc(N2CCN(c3cncc(OCC4CCCC4)n3)CC2)n1. The average molecular weight is 375 g/mol. The van der Waals surface area contributed by atoms with Crippen molar-refractivity contribution >= 4 is 22.5 Å². The van der Waals surface area contributed by atoms with Gasteiger partial charge >= 0.3 is 0 Å². The number of anilines is 2. The summed E-state index contributed by atoms with van der Waals surface area (Å²) in [5.74, 6) is 3.17. The molecule has 0 unspecified atom stereocenters. The summed E-state index contributed by atoms with van der Waals surface area (Å²) in [6.45, 7) is 6.51. The molecule has 1 saturated carbocycles. The highest BCUT2D eigenvalue weighted by Crippen LogP contribution is 2.26. The number of aromatic nitrogens is 4. The van der Waals surface area contributed by atoms with Crippen LogP contribution in [0.5, 0.6) is 5.88 Å². The molecule has 2 fully saturated rings. The van der Waals surface area contributed by atoms with E-state index in [0.717, 1.165) is 56.0 Å². The summed E-state index contributed by atoms with van der Waals surface area (Å²) in [6, 6.07) is 0. The molecule has 4 rings (SSSR count). The van der Waals surface area contributed by atoms with Crippen LogP contribution in [0.4, 0.5) is 10.9 Å². The van der Waals surface area contributed by atoms with Gasteiger partial charge in [0.25, 0.3) is 0 Å². The van der Waals surface area contributed by atoms with Crippen molar-refractivity contribution in [3.05, 3.63) is 18.2 Å². The van der Waals surface area contributed by atoms with Crippen LogP contribution in [0.3, 0.4) is 0 Å². The highest BCUT2D eigenvalue weighted by Gasteiger charge is 2.22. The standard InChI is InChI=1S/C18H26N6OS/c1-2-15-20-18(26-22-15)24-9-7-23(8-10-24)16-11-19-12-17(21-16)25-13-14-5-3-4-6-14/h11-12,14H,2-10,13H2,1H3. The third-order valence-corrected chi connectivity index (χ3v) is 6.00. The number of nitrogens with zero attached hydrogens (tertiary/aromatic N) is 6. The quantitative estimate of drug-likeness (QED) is 0.770. The van der Waals surface area contributed by atoms with Crippen molar-refractivity contribution < 1.29 is 4.74 Å². The van der Waals surface area contributed by atoms with E-state index in [2.05, 4.69) is 36.0 Å². The van der Waals surface area contributed by atoms with E-state index in [0.29, 0.717) is 11.8 Å². The molecule has 1 saturated heterocycles. The van der Waals surface area contributed by atoms with E-state index >= 15 is 0 Å². The summed E-state index contributed by atoms with van der Waals surface area (Å²) in [5, 5.41) is 1.03. The van der Waals surface area contributed by atoms with Crippen molar-refractivity contribution in [1.29, 1.82) is 0 Å². The molecule has 0 N–H and O–H groups in total. The van der Waals surface area contributed by atoms with E-state index in [9.17, 15) is 0 Å². The first kappa shape index (κ1) is 17.5. The minimum Gasteiger partial charge on any atom is -0.476 e. The monoisotopic (exact) mass is 374 g/mol. The molecule has 0 aromatic carbocycles. The van der Waals surface area contributed by atoms with Crippen LogP contribution in [-0.2, 0) is 6.42 Å². The van der Waals surface area contributed by atoms with Gasteiger partial charge in [0.05, 0.1) is 19.0 Å². The fourth-order valence-corrected chi connectivity index (χ4v) is 4.39. The van der Waals surface area contributed by atoms with Crippen molar-refractivity contribution in [3.63, 3.8) is 0 Å². The molecule has 2 aliphatic rings. The second-order valence-corrected chi connectivity index (χ2v) is 7.73. The molecule has 1 aliphatic carbocycles. The number of aryl methyl sites for hydroxylation is 1. The summed E-state index contributed by atoms with van der Waals surface area (Å²) in [5.41, 5.74) is 0. The van der Waals surface area contributed by atoms with Crippen molar-refractivity contribution in [3.8, 4) is 5.88 Å². The molecule has 3 heterocycles. The lowest BCUT2D eigenvalue weighted by atomic mass is 10.1. The van der Waals surface area contributed by atoms with Crippen molar-refractivity contribution in [2.24, 2.45) is 5.92 Å². The van der Waals surface area contributed by atoms with Crippen LogP contribution in [0.2, 0.25) is 0 Å². The van der Waals surface area contributed by atoms with E-state index in [-0.39, 0.29) is 0 Å². The van der Waals surface area contributed by atoms with E-state index in [1.54, 1.807) is 6.20 Å². The Bertz CT molecular complexity index is 709. The number of piperazine rings is 1. The zero-order chi connectivity index (χ0) is 17.8. The Morgan fingerprint density at radius 3 is 2.58 bits per heavy atom. The van der Waals surface area contributed by atoms with Crippen molar-refractivity contribution in [2.75, 3.05) is 42.6 Å². The first-order chi connectivity index (χ1) is 12.8. The van der Waals surface area contributed by atoms with Gasteiger partial charge in [-0.1, -0.05) is 19.8 Å². The summed E-state index contributed by atoms with van der Waals surface area (Å²) in [6.07, 6.45) is 9.66. The van der Waals surface area contributed by atoms with Gasteiger partial charge in [-0.05, 0) is 18.8 Å². The van der Waals surface area contributed by atoms with Gasteiger partial charge in [0, 0.05) is 44.1 Å². The minimum absolute atomic E-state index is 0.647. The first-order valence-electron chi connectivity index (χ1n) is 9.59. The van der Waals surface area contributed by atoms with Crippen molar-refractivity contribution in [1.82, 2.24) is 19.3 Å². The average Bonchev–Trinajstić information content (AvgIpc) is 3.38. The molecule has 8 heteroatoms. The fraction of sp³-hybridized carbons (Fsp3) is 0.667. The number of hydrogen-bond acceptors (Lipinski definition) is 8. The lowest BCUT2D eigenvalue weighted by molar-refractivity contribution is 0.242. The second kappa shape index (κ2) is 8.16. The van der Waals surface area contributed by atoms with Gasteiger partial charge in [0.15, 0.2) is 5.82 Å². The molecule has 0 spiro atoms. The molecule has 2 aromatic rings. The Balaban J connectivity index is 1.32. The smallest absolute Gasteiger partial charge is 0.234 e. The first-order valence-corrected chi connectivity index (χ1v) is 10.4. The lowest BCUT2D eigenvalue weighted by Gasteiger charge is -2.34. The topological polar surface area (TPSA) is 67.3 Å². The Hall–Kier alpha value is -1.96. The van der Waals surface area contributed by atoms with Crippen molar-refractivity contribution in [2.45, 2.75) is 39.0 Å². The largest absolute Gasteiger partial charge is 0.476 e. The number of ether oxygens (including phenoxy) is 1. The van der Waals surface area contributed by atoms with E-state index < -0.39 is 0 Å². The highest BCUT2D eigenvalue weighted by molar-refractivity contribution is 7.09. The molecule has 7 nitrogen and oxygen atoms in total. The molecule has 26 heavy (non-hydrogen) atoms. The maximum Gasteiger partial charge on any atom is 0.234 e. The van der Waals surface area contributed by atoms with Crippen LogP contribution in [0.25, 0.3) is 0 Å². The molecule has 140 valence electrons. The van der Waals surface area contributed by atoms with Gasteiger partial charge in [0.1, 0.15) is 5.82 Å². The molecule has 2 aromatic heterocycles. The van der Waals surface area contributed by atoms with Crippen LogP contribution in [0.1, 0.15) is 38.4 Å². The van der Waals surface area contributed by atoms with E-state index in [1.807, 2.05) is 6.20 Å². The lowest BCUT2D eigenvalue weighted by Crippen LogP contribution is -2.46. The molecule has 0 bridgehead atoms.